The van der Waals surface area contributed by atoms with Crippen LogP contribution in [0.4, 0.5) is 10.8 Å². The molecule has 2 heterocycles. The maximum Gasteiger partial charge on any atom is 0.293 e. The number of nitro groups is 1. The molecule has 31 heavy (non-hydrogen) atoms. The Morgan fingerprint density at radius 1 is 1.16 bits per heavy atom. The minimum Gasteiger partial charge on any atom is -0.451 e. The number of aromatic nitrogens is 1. The zero-order chi connectivity index (χ0) is 22.1. The van der Waals surface area contributed by atoms with Gasteiger partial charge >= 0.3 is 0 Å². The Morgan fingerprint density at radius 2 is 1.94 bits per heavy atom. The lowest BCUT2D eigenvalue weighted by Crippen LogP contribution is -2.33. The molecule has 0 radical (unpaired) electrons. The summed E-state index contributed by atoms with van der Waals surface area (Å²) in [6, 6.07) is 13.1. The number of nitro benzene ring substituents is 1. The predicted molar refractivity (Wildman–Crippen MR) is 124 cm³/mol. The maximum absolute atomic E-state index is 12.5. The molecule has 2 aromatic heterocycles. The van der Waals surface area contributed by atoms with E-state index in [2.05, 4.69) is 15.6 Å². The molecule has 2 aromatic carbocycles. The number of thiazole rings is 1. The van der Waals surface area contributed by atoms with Crippen LogP contribution >= 0.6 is 23.6 Å². The number of anilines is 1. The third kappa shape index (κ3) is 4.30. The van der Waals surface area contributed by atoms with Crippen molar-refractivity contribution in [2.75, 3.05) is 5.32 Å². The number of fused-ring (bicyclic) bond motifs is 1. The molecule has 0 saturated heterocycles. The normalized spacial score (nSPS) is 10.8. The van der Waals surface area contributed by atoms with Gasteiger partial charge in [-0.25, -0.2) is 4.98 Å². The van der Waals surface area contributed by atoms with Gasteiger partial charge in [0.2, 0.25) is 0 Å². The third-order valence-electron chi connectivity index (χ3n) is 4.56. The summed E-state index contributed by atoms with van der Waals surface area (Å²) in [7, 11) is 0. The van der Waals surface area contributed by atoms with Gasteiger partial charge in [0.05, 0.1) is 15.1 Å². The van der Waals surface area contributed by atoms with Crippen molar-refractivity contribution in [2.45, 2.75) is 13.8 Å². The van der Waals surface area contributed by atoms with Gasteiger partial charge in [0.1, 0.15) is 5.76 Å². The van der Waals surface area contributed by atoms with E-state index in [0.717, 1.165) is 21.3 Å². The number of hydrogen-bond donors (Lipinski definition) is 2. The summed E-state index contributed by atoms with van der Waals surface area (Å²) in [5.74, 6) is -0.172. The lowest BCUT2D eigenvalue weighted by atomic mass is 10.1. The van der Waals surface area contributed by atoms with Gasteiger partial charge in [0.25, 0.3) is 11.6 Å². The minimum absolute atomic E-state index is 0.0293. The SMILES string of the molecule is Cc1ccc(C)c2sc(NC(=S)NC(=O)c3ccc(-c4cccc([N+](=O)[O-])c4)o3)nc12. The Labute approximate surface area is 186 Å². The fourth-order valence-corrected chi connectivity index (χ4v) is 4.26. The summed E-state index contributed by atoms with van der Waals surface area (Å²) >= 11 is 6.69. The number of nitrogens with one attached hydrogen (secondary N) is 2. The Morgan fingerprint density at radius 3 is 2.68 bits per heavy atom. The number of non-ortho nitro benzene ring substituents is 1. The van der Waals surface area contributed by atoms with E-state index in [1.165, 1.54) is 29.5 Å². The van der Waals surface area contributed by atoms with Gasteiger partial charge in [-0.15, -0.1) is 0 Å². The van der Waals surface area contributed by atoms with Crippen molar-refractivity contribution < 1.29 is 14.1 Å². The van der Waals surface area contributed by atoms with E-state index in [0.29, 0.717) is 16.5 Å². The molecule has 4 rings (SSSR count). The number of hydrogen-bond acceptors (Lipinski definition) is 7. The first-order valence-electron chi connectivity index (χ1n) is 9.15. The Bertz CT molecular complexity index is 1300. The number of nitrogens with zero attached hydrogens (tertiary/aromatic N) is 2. The molecule has 0 spiro atoms. The van der Waals surface area contributed by atoms with Crippen molar-refractivity contribution in [1.82, 2.24) is 10.3 Å². The van der Waals surface area contributed by atoms with E-state index in [1.807, 2.05) is 26.0 Å². The van der Waals surface area contributed by atoms with E-state index in [4.69, 9.17) is 16.6 Å². The number of benzene rings is 2. The first-order chi connectivity index (χ1) is 14.8. The van der Waals surface area contributed by atoms with Crippen LogP contribution in [0.5, 0.6) is 0 Å². The maximum atomic E-state index is 12.5. The van der Waals surface area contributed by atoms with Crippen molar-refractivity contribution in [1.29, 1.82) is 0 Å². The zero-order valence-electron chi connectivity index (χ0n) is 16.5. The summed E-state index contributed by atoms with van der Waals surface area (Å²) in [6.07, 6.45) is 0. The second kappa shape index (κ2) is 8.25. The standard InChI is InChI=1S/C21H16N4O4S2/c1-11-6-7-12(2)18-17(11)22-21(31-18)24-20(30)23-19(26)16-9-8-15(29-16)13-4-3-5-14(10-13)25(27)28/h3-10H,1-2H3,(H2,22,23,24,26,30). The number of thiocarbonyl (C=S) groups is 1. The highest BCUT2D eigenvalue weighted by Gasteiger charge is 2.16. The molecule has 10 heteroatoms. The van der Waals surface area contributed by atoms with Crippen molar-refractivity contribution in [3.63, 3.8) is 0 Å². The minimum atomic E-state index is -0.539. The quantitative estimate of drug-likeness (QED) is 0.248. The van der Waals surface area contributed by atoms with Crippen LogP contribution < -0.4 is 10.6 Å². The van der Waals surface area contributed by atoms with Gasteiger partial charge in [-0.3, -0.25) is 20.2 Å². The van der Waals surface area contributed by atoms with Crippen LogP contribution in [0.1, 0.15) is 21.7 Å². The molecule has 0 atom stereocenters. The Kier molecular flexibility index (Phi) is 5.49. The molecule has 0 unspecified atom stereocenters. The van der Waals surface area contributed by atoms with E-state index >= 15 is 0 Å². The molecular weight excluding hydrogens is 436 g/mol. The molecule has 0 aliphatic carbocycles. The topological polar surface area (TPSA) is 110 Å². The van der Waals surface area contributed by atoms with Crippen LogP contribution in [0.2, 0.25) is 0 Å². The molecular formula is C21H16N4O4S2. The molecule has 156 valence electrons. The van der Waals surface area contributed by atoms with E-state index in [-0.39, 0.29) is 16.6 Å². The van der Waals surface area contributed by atoms with Crippen LogP contribution in [0.15, 0.2) is 52.9 Å². The lowest BCUT2D eigenvalue weighted by Gasteiger charge is -2.05. The number of aryl methyl sites for hydroxylation is 2. The van der Waals surface area contributed by atoms with Crippen LogP contribution in [0.25, 0.3) is 21.5 Å². The second-order valence-electron chi connectivity index (χ2n) is 6.78. The molecule has 0 bridgehead atoms. The number of carbonyl (C=O) groups is 1. The van der Waals surface area contributed by atoms with Gasteiger partial charge in [0, 0.05) is 17.7 Å². The van der Waals surface area contributed by atoms with Gasteiger partial charge in [0.15, 0.2) is 16.0 Å². The average molecular weight is 453 g/mol. The predicted octanol–water partition coefficient (Wildman–Crippen LogP) is 5.21. The van der Waals surface area contributed by atoms with Gasteiger partial charge in [-0.2, -0.15) is 0 Å². The number of carbonyl (C=O) groups excluding carboxylic acids is 1. The van der Waals surface area contributed by atoms with Crippen molar-refractivity contribution in [2.24, 2.45) is 0 Å². The molecule has 4 aromatic rings. The number of rotatable bonds is 4. The van der Waals surface area contributed by atoms with Crippen molar-refractivity contribution in [3.8, 4) is 11.3 Å². The fraction of sp³-hybridized carbons (Fsp3) is 0.0952. The zero-order valence-corrected chi connectivity index (χ0v) is 18.1. The summed E-state index contributed by atoms with van der Waals surface area (Å²) in [6.45, 7) is 4.00. The van der Waals surface area contributed by atoms with Crippen molar-refractivity contribution in [3.05, 3.63) is 75.5 Å². The van der Waals surface area contributed by atoms with Crippen molar-refractivity contribution >= 4 is 55.6 Å². The molecule has 0 saturated carbocycles. The van der Waals surface area contributed by atoms with Crippen LogP contribution in [0.3, 0.4) is 0 Å². The summed E-state index contributed by atoms with van der Waals surface area (Å²) < 4.78 is 6.62. The van der Waals surface area contributed by atoms with Crippen LogP contribution in [-0.4, -0.2) is 20.9 Å². The molecule has 1 amide bonds. The van der Waals surface area contributed by atoms with E-state index < -0.39 is 10.8 Å². The average Bonchev–Trinajstić information content (AvgIpc) is 3.39. The molecule has 0 aliphatic rings. The van der Waals surface area contributed by atoms with Gasteiger partial charge in [-0.1, -0.05) is 35.6 Å². The summed E-state index contributed by atoms with van der Waals surface area (Å²) in [5, 5.41) is 17.1. The Hall–Kier alpha value is -3.63. The first kappa shape index (κ1) is 20.6. The third-order valence-corrected chi connectivity index (χ3v) is 5.87. The smallest absolute Gasteiger partial charge is 0.293 e. The molecule has 2 N–H and O–H groups in total. The molecule has 0 fully saturated rings. The monoisotopic (exact) mass is 452 g/mol. The highest BCUT2D eigenvalue weighted by Crippen LogP contribution is 2.31. The Balaban J connectivity index is 1.46. The second-order valence-corrected chi connectivity index (χ2v) is 8.18. The van der Waals surface area contributed by atoms with E-state index in [1.54, 1.807) is 18.2 Å². The largest absolute Gasteiger partial charge is 0.451 e. The highest BCUT2D eigenvalue weighted by atomic mass is 32.1. The highest BCUT2D eigenvalue weighted by molar-refractivity contribution is 7.80. The number of amides is 1. The molecule has 0 aliphatic heterocycles. The summed E-state index contributed by atoms with van der Waals surface area (Å²) in [5.41, 5.74) is 3.50. The number of furan rings is 1. The van der Waals surface area contributed by atoms with Crippen LogP contribution in [0, 0.1) is 24.0 Å². The van der Waals surface area contributed by atoms with Gasteiger partial charge in [-0.05, 0) is 49.3 Å². The van der Waals surface area contributed by atoms with E-state index in [9.17, 15) is 14.9 Å². The lowest BCUT2D eigenvalue weighted by molar-refractivity contribution is -0.384. The fourth-order valence-electron chi connectivity index (χ4n) is 2.99. The first-order valence-corrected chi connectivity index (χ1v) is 10.4. The van der Waals surface area contributed by atoms with Gasteiger partial charge < -0.3 is 9.73 Å². The summed E-state index contributed by atoms with van der Waals surface area (Å²) in [4.78, 5) is 27.5. The van der Waals surface area contributed by atoms with Crippen LogP contribution in [-0.2, 0) is 0 Å². The molecule has 8 nitrogen and oxygen atoms in total.